The van der Waals surface area contributed by atoms with E-state index in [0.717, 1.165) is 38.9 Å². The van der Waals surface area contributed by atoms with E-state index in [0.29, 0.717) is 13.0 Å². The topological polar surface area (TPSA) is 66.6 Å². The Balaban J connectivity index is 0.00000180. The van der Waals surface area contributed by atoms with Crippen molar-refractivity contribution in [2.24, 2.45) is 11.1 Å². The molecule has 2 rings (SSSR count). The van der Waals surface area contributed by atoms with E-state index in [1.807, 2.05) is 4.90 Å². The first-order chi connectivity index (χ1) is 8.54. The summed E-state index contributed by atoms with van der Waals surface area (Å²) >= 11 is 0. The molecule has 5 nitrogen and oxygen atoms in total. The monoisotopic (exact) mass is 289 g/mol. The third-order valence-corrected chi connectivity index (χ3v) is 4.15. The Morgan fingerprint density at radius 3 is 2.68 bits per heavy atom. The zero-order valence-electron chi connectivity index (χ0n) is 11.6. The lowest BCUT2D eigenvalue weighted by Gasteiger charge is -2.29. The second-order valence-corrected chi connectivity index (χ2v) is 5.85. The Hall–Kier alpha value is -0.810. The van der Waals surface area contributed by atoms with Gasteiger partial charge in [0.1, 0.15) is 0 Å². The Morgan fingerprint density at radius 2 is 2.11 bits per heavy atom. The minimum atomic E-state index is 0. The van der Waals surface area contributed by atoms with Crippen LogP contribution in [0.1, 0.15) is 32.6 Å². The molecule has 2 fully saturated rings. The largest absolute Gasteiger partial charge is 0.341 e. The number of likely N-dealkylation sites (tertiary alicyclic amines) is 2. The van der Waals surface area contributed by atoms with Gasteiger partial charge in [-0.15, -0.1) is 12.4 Å². The number of hydrogen-bond donors (Lipinski definition) is 1. The van der Waals surface area contributed by atoms with E-state index in [1.165, 1.54) is 0 Å². The Bertz CT molecular complexity index is 351. The predicted molar refractivity (Wildman–Crippen MR) is 76.0 cm³/mol. The maximum atomic E-state index is 12.2. The zero-order chi connectivity index (χ0) is 13.2. The third kappa shape index (κ3) is 3.83. The first-order valence-corrected chi connectivity index (χ1v) is 6.80. The van der Waals surface area contributed by atoms with E-state index in [9.17, 15) is 9.59 Å². The van der Waals surface area contributed by atoms with Crippen molar-refractivity contribution in [2.75, 3.05) is 32.7 Å². The molecule has 19 heavy (non-hydrogen) atoms. The van der Waals surface area contributed by atoms with E-state index in [-0.39, 0.29) is 36.2 Å². The smallest absolute Gasteiger partial charge is 0.242 e. The van der Waals surface area contributed by atoms with Gasteiger partial charge in [0.2, 0.25) is 11.8 Å². The lowest BCUT2D eigenvalue weighted by molar-refractivity contribution is -0.141. The summed E-state index contributed by atoms with van der Waals surface area (Å²) in [5, 5.41) is 0. The Morgan fingerprint density at radius 1 is 1.37 bits per heavy atom. The second-order valence-electron chi connectivity index (χ2n) is 5.85. The first kappa shape index (κ1) is 16.2. The average Bonchev–Trinajstić information content (AvgIpc) is 2.76. The minimum Gasteiger partial charge on any atom is -0.341 e. The average molecular weight is 290 g/mol. The van der Waals surface area contributed by atoms with Gasteiger partial charge in [0, 0.05) is 26.1 Å². The number of nitrogens with two attached hydrogens (primary N) is 1. The molecule has 2 heterocycles. The fourth-order valence-corrected chi connectivity index (χ4v) is 2.70. The van der Waals surface area contributed by atoms with Gasteiger partial charge in [0.25, 0.3) is 0 Å². The number of halogens is 1. The molecule has 0 aromatic heterocycles. The second kappa shape index (κ2) is 6.57. The lowest BCUT2D eigenvalue weighted by atomic mass is 9.90. The summed E-state index contributed by atoms with van der Waals surface area (Å²) in [7, 11) is 0. The van der Waals surface area contributed by atoms with E-state index >= 15 is 0 Å². The highest BCUT2D eigenvalue weighted by molar-refractivity contribution is 5.85. The molecule has 0 aromatic carbocycles. The summed E-state index contributed by atoms with van der Waals surface area (Å²) in [5.74, 6) is 0.192. The number of rotatable bonds is 3. The highest BCUT2D eigenvalue weighted by Gasteiger charge is 2.35. The molecule has 0 spiro atoms. The van der Waals surface area contributed by atoms with Gasteiger partial charge in [-0.25, -0.2) is 0 Å². The van der Waals surface area contributed by atoms with Crippen molar-refractivity contribution < 1.29 is 9.59 Å². The highest BCUT2D eigenvalue weighted by Crippen LogP contribution is 2.28. The SMILES string of the molecule is CC1(CN)CCN(C(=O)CN2CCCCC2=O)C1.Cl. The number of hydrogen-bond acceptors (Lipinski definition) is 3. The van der Waals surface area contributed by atoms with E-state index in [2.05, 4.69) is 6.92 Å². The quantitative estimate of drug-likeness (QED) is 0.828. The van der Waals surface area contributed by atoms with Gasteiger partial charge in [-0.2, -0.15) is 0 Å². The van der Waals surface area contributed by atoms with Crippen molar-refractivity contribution >= 4 is 24.2 Å². The van der Waals surface area contributed by atoms with Gasteiger partial charge in [0.15, 0.2) is 0 Å². The lowest BCUT2D eigenvalue weighted by Crippen LogP contribution is -2.44. The van der Waals surface area contributed by atoms with Crippen LogP contribution in [0.2, 0.25) is 0 Å². The summed E-state index contributed by atoms with van der Waals surface area (Å²) < 4.78 is 0. The van der Waals surface area contributed by atoms with Crippen LogP contribution in [0.15, 0.2) is 0 Å². The summed E-state index contributed by atoms with van der Waals surface area (Å²) in [6.45, 7) is 5.21. The minimum absolute atomic E-state index is 0. The van der Waals surface area contributed by atoms with Crippen LogP contribution in [0, 0.1) is 5.41 Å². The van der Waals surface area contributed by atoms with Crippen LogP contribution < -0.4 is 5.73 Å². The summed E-state index contributed by atoms with van der Waals surface area (Å²) in [6, 6.07) is 0. The molecule has 1 unspecified atom stereocenters. The first-order valence-electron chi connectivity index (χ1n) is 6.80. The molecule has 0 saturated carbocycles. The molecule has 0 bridgehead atoms. The van der Waals surface area contributed by atoms with Gasteiger partial charge in [-0.3, -0.25) is 9.59 Å². The Labute approximate surface area is 120 Å². The molecule has 2 amide bonds. The maximum Gasteiger partial charge on any atom is 0.242 e. The van der Waals surface area contributed by atoms with Gasteiger partial charge in [0.05, 0.1) is 6.54 Å². The maximum absolute atomic E-state index is 12.2. The van der Waals surface area contributed by atoms with Gasteiger partial charge < -0.3 is 15.5 Å². The van der Waals surface area contributed by atoms with E-state index in [4.69, 9.17) is 5.73 Å². The van der Waals surface area contributed by atoms with Crippen LogP contribution in [0.25, 0.3) is 0 Å². The fraction of sp³-hybridized carbons (Fsp3) is 0.846. The predicted octanol–water partition coefficient (Wildman–Crippen LogP) is 0.618. The van der Waals surface area contributed by atoms with Gasteiger partial charge in [-0.05, 0) is 31.2 Å². The molecule has 2 aliphatic rings. The van der Waals surface area contributed by atoms with E-state index in [1.54, 1.807) is 4.90 Å². The molecule has 0 radical (unpaired) electrons. The molecular weight excluding hydrogens is 266 g/mol. The normalized spacial score (nSPS) is 27.4. The number of nitrogens with zero attached hydrogens (tertiary/aromatic N) is 2. The molecule has 2 aliphatic heterocycles. The molecule has 2 saturated heterocycles. The van der Waals surface area contributed by atoms with Crippen LogP contribution in [0.3, 0.4) is 0 Å². The number of carbonyl (C=O) groups excluding carboxylic acids is 2. The van der Waals surface area contributed by atoms with Crippen LogP contribution in [-0.4, -0.2) is 54.3 Å². The molecule has 0 aliphatic carbocycles. The standard InChI is InChI=1S/C13H23N3O2.ClH/c1-13(9-14)5-7-16(10-13)12(18)8-15-6-3-2-4-11(15)17;/h2-10,14H2,1H3;1H. The van der Waals surface area contributed by atoms with Crippen molar-refractivity contribution in [2.45, 2.75) is 32.6 Å². The highest BCUT2D eigenvalue weighted by atomic mass is 35.5. The van der Waals surface area contributed by atoms with Crippen molar-refractivity contribution in [3.8, 4) is 0 Å². The summed E-state index contributed by atoms with van der Waals surface area (Å²) in [6.07, 6.45) is 3.52. The van der Waals surface area contributed by atoms with Gasteiger partial charge >= 0.3 is 0 Å². The van der Waals surface area contributed by atoms with Crippen LogP contribution in [0.4, 0.5) is 0 Å². The van der Waals surface area contributed by atoms with Crippen LogP contribution in [-0.2, 0) is 9.59 Å². The van der Waals surface area contributed by atoms with Crippen molar-refractivity contribution in [3.63, 3.8) is 0 Å². The fourth-order valence-electron chi connectivity index (χ4n) is 2.70. The van der Waals surface area contributed by atoms with Crippen molar-refractivity contribution in [1.82, 2.24) is 9.80 Å². The van der Waals surface area contributed by atoms with Gasteiger partial charge in [-0.1, -0.05) is 6.92 Å². The number of amides is 2. The van der Waals surface area contributed by atoms with Crippen molar-refractivity contribution in [1.29, 1.82) is 0 Å². The molecule has 1 atom stereocenters. The molecule has 2 N–H and O–H groups in total. The number of carbonyl (C=O) groups is 2. The Kier molecular flexibility index (Phi) is 5.62. The molecule has 6 heteroatoms. The third-order valence-electron chi connectivity index (χ3n) is 4.15. The van der Waals surface area contributed by atoms with Crippen LogP contribution >= 0.6 is 12.4 Å². The van der Waals surface area contributed by atoms with Crippen molar-refractivity contribution in [3.05, 3.63) is 0 Å². The summed E-state index contributed by atoms with van der Waals surface area (Å²) in [5.41, 5.74) is 5.79. The zero-order valence-corrected chi connectivity index (χ0v) is 12.4. The summed E-state index contributed by atoms with van der Waals surface area (Å²) in [4.78, 5) is 27.4. The number of piperidine rings is 1. The van der Waals surface area contributed by atoms with E-state index < -0.39 is 0 Å². The molecule has 110 valence electrons. The van der Waals surface area contributed by atoms with Crippen LogP contribution in [0.5, 0.6) is 0 Å². The molecule has 0 aromatic rings. The molecular formula is C13H24ClN3O2.